The van der Waals surface area contributed by atoms with Crippen LogP contribution in [0.1, 0.15) is 40.5 Å². The summed E-state index contributed by atoms with van der Waals surface area (Å²) in [5, 5.41) is 2.69. The SMILES string of the molecule is CCC(C)C1C(=O)NC(CC(C)C)C(=O)N1CC(F)F. The molecule has 0 aromatic carbocycles. The van der Waals surface area contributed by atoms with Gasteiger partial charge in [-0.3, -0.25) is 9.59 Å². The molecule has 0 spiro atoms. The molecule has 1 aliphatic heterocycles. The second-order valence-electron chi connectivity index (χ2n) is 5.90. The van der Waals surface area contributed by atoms with Crippen molar-refractivity contribution in [3.8, 4) is 0 Å². The minimum Gasteiger partial charge on any atom is -0.342 e. The van der Waals surface area contributed by atoms with Crippen LogP contribution in [0, 0.1) is 11.8 Å². The minimum atomic E-state index is -2.63. The molecule has 1 saturated heterocycles. The second kappa shape index (κ2) is 6.99. The van der Waals surface area contributed by atoms with Crippen molar-refractivity contribution in [1.82, 2.24) is 10.2 Å². The molecule has 1 N–H and O–H groups in total. The van der Waals surface area contributed by atoms with Gasteiger partial charge in [-0.2, -0.15) is 0 Å². The van der Waals surface area contributed by atoms with Crippen LogP contribution < -0.4 is 5.32 Å². The largest absolute Gasteiger partial charge is 0.342 e. The van der Waals surface area contributed by atoms with Crippen LogP contribution in [0.5, 0.6) is 0 Å². The Morgan fingerprint density at radius 2 is 1.85 bits per heavy atom. The molecule has 20 heavy (non-hydrogen) atoms. The summed E-state index contributed by atoms with van der Waals surface area (Å²) >= 11 is 0. The third-order valence-electron chi connectivity index (χ3n) is 3.73. The Labute approximate surface area is 118 Å². The van der Waals surface area contributed by atoms with Gasteiger partial charge in [0, 0.05) is 0 Å². The summed E-state index contributed by atoms with van der Waals surface area (Å²) < 4.78 is 25.4. The Hall–Kier alpha value is -1.20. The standard InChI is InChI=1S/C14H24F2N2O2/c1-5-9(4)12-13(19)17-10(6-8(2)3)14(20)18(12)7-11(15)16/h8-12H,5-7H2,1-4H3,(H,17,19). The minimum absolute atomic E-state index is 0.141. The topological polar surface area (TPSA) is 49.4 Å². The van der Waals surface area contributed by atoms with Crippen LogP contribution in [0.15, 0.2) is 0 Å². The normalized spacial score (nSPS) is 25.3. The molecular weight excluding hydrogens is 266 g/mol. The van der Waals surface area contributed by atoms with Crippen molar-refractivity contribution in [2.24, 2.45) is 11.8 Å². The Kier molecular flexibility index (Phi) is 5.89. The number of alkyl halides is 2. The number of hydrogen-bond donors (Lipinski definition) is 1. The van der Waals surface area contributed by atoms with Crippen molar-refractivity contribution in [2.75, 3.05) is 6.54 Å². The number of amides is 2. The highest BCUT2D eigenvalue weighted by Gasteiger charge is 2.43. The molecule has 116 valence electrons. The number of carbonyl (C=O) groups is 2. The van der Waals surface area contributed by atoms with Crippen LogP contribution in [0.2, 0.25) is 0 Å². The van der Waals surface area contributed by atoms with Gasteiger partial charge in [0.05, 0.1) is 6.54 Å². The first-order valence-corrected chi connectivity index (χ1v) is 7.16. The van der Waals surface area contributed by atoms with E-state index in [0.717, 1.165) is 4.90 Å². The van der Waals surface area contributed by atoms with Gasteiger partial charge in [0.1, 0.15) is 12.1 Å². The highest BCUT2D eigenvalue weighted by atomic mass is 19.3. The molecule has 0 bridgehead atoms. The first-order valence-electron chi connectivity index (χ1n) is 7.16. The Bertz CT molecular complexity index is 361. The third-order valence-corrected chi connectivity index (χ3v) is 3.73. The monoisotopic (exact) mass is 290 g/mol. The predicted octanol–water partition coefficient (Wildman–Crippen LogP) is 2.04. The van der Waals surface area contributed by atoms with Gasteiger partial charge in [-0.25, -0.2) is 8.78 Å². The van der Waals surface area contributed by atoms with Gasteiger partial charge in [-0.15, -0.1) is 0 Å². The average molecular weight is 290 g/mol. The number of piperazine rings is 1. The first-order chi connectivity index (χ1) is 9.27. The summed E-state index contributed by atoms with van der Waals surface area (Å²) in [6.07, 6.45) is -1.51. The Morgan fingerprint density at radius 3 is 2.30 bits per heavy atom. The van der Waals surface area contributed by atoms with Crippen molar-refractivity contribution in [3.63, 3.8) is 0 Å². The first kappa shape index (κ1) is 16.9. The fourth-order valence-corrected chi connectivity index (χ4v) is 2.57. The molecule has 0 radical (unpaired) electrons. The predicted molar refractivity (Wildman–Crippen MR) is 72.3 cm³/mol. The zero-order chi connectivity index (χ0) is 15.4. The van der Waals surface area contributed by atoms with E-state index in [0.29, 0.717) is 12.8 Å². The summed E-state index contributed by atoms with van der Waals surface area (Å²) in [5.74, 6) is -0.635. The molecule has 1 heterocycles. The molecular formula is C14H24F2N2O2. The van der Waals surface area contributed by atoms with E-state index < -0.39 is 25.1 Å². The van der Waals surface area contributed by atoms with Gasteiger partial charge >= 0.3 is 0 Å². The zero-order valence-corrected chi connectivity index (χ0v) is 12.5. The van der Waals surface area contributed by atoms with Gasteiger partial charge in [0.2, 0.25) is 11.8 Å². The van der Waals surface area contributed by atoms with Crippen molar-refractivity contribution in [1.29, 1.82) is 0 Å². The maximum atomic E-state index is 12.7. The molecule has 1 aliphatic rings. The van der Waals surface area contributed by atoms with Gasteiger partial charge in [0.15, 0.2) is 0 Å². The fraction of sp³-hybridized carbons (Fsp3) is 0.857. The maximum absolute atomic E-state index is 12.7. The van der Waals surface area contributed by atoms with Crippen LogP contribution >= 0.6 is 0 Å². The fourth-order valence-electron chi connectivity index (χ4n) is 2.57. The lowest BCUT2D eigenvalue weighted by Crippen LogP contribution is -2.65. The molecule has 0 aromatic rings. The van der Waals surface area contributed by atoms with E-state index >= 15 is 0 Å². The Balaban J connectivity index is 2.97. The molecule has 0 aliphatic carbocycles. The van der Waals surface area contributed by atoms with E-state index in [1.807, 2.05) is 20.8 Å². The number of rotatable bonds is 6. The van der Waals surface area contributed by atoms with Gasteiger partial charge in [0.25, 0.3) is 6.43 Å². The highest BCUT2D eigenvalue weighted by Crippen LogP contribution is 2.23. The van der Waals surface area contributed by atoms with Crippen LogP contribution in [-0.2, 0) is 9.59 Å². The van der Waals surface area contributed by atoms with Gasteiger partial charge in [-0.1, -0.05) is 34.1 Å². The molecule has 4 nitrogen and oxygen atoms in total. The van der Waals surface area contributed by atoms with Crippen molar-refractivity contribution >= 4 is 11.8 Å². The van der Waals surface area contributed by atoms with E-state index in [4.69, 9.17) is 0 Å². The van der Waals surface area contributed by atoms with E-state index in [1.54, 1.807) is 6.92 Å². The van der Waals surface area contributed by atoms with Gasteiger partial charge < -0.3 is 10.2 Å². The quantitative estimate of drug-likeness (QED) is 0.814. The van der Waals surface area contributed by atoms with E-state index in [-0.39, 0.29) is 23.7 Å². The lowest BCUT2D eigenvalue weighted by molar-refractivity contribution is -0.154. The number of hydrogen-bond acceptors (Lipinski definition) is 2. The molecule has 3 unspecified atom stereocenters. The Morgan fingerprint density at radius 1 is 1.25 bits per heavy atom. The molecule has 1 fully saturated rings. The summed E-state index contributed by atoms with van der Waals surface area (Å²) in [4.78, 5) is 25.6. The van der Waals surface area contributed by atoms with Crippen LogP contribution in [0.4, 0.5) is 8.78 Å². The molecule has 1 rings (SSSR count). The molecule has 0 saturated carbocycles. The summed E-state index contributed by atoms with van der Waals surface area (Å²) in [6, 6.07) is -1.47. The number of nitrogens with one attached hydrogen (secondary N) is 1. The molecule has 3 atom stereocenters. The van der Waals surface area contributed by atoms with Crippen LogP contribution in [0.3, 0.4) is 0 Å². The van der Waals surface area contributed by atoms with Gasteiger partial charge in [-0.05, 0) is 18.3 Å². The summed E-state index contributed by atoms with van der Waals surface area (Å²) in [6.45, 7) is 6.87. The summed E-state index contributed by atoms with van der Waals surface area (Å²) in [5.41, 5.74) is 0. The van der Waals surface area contributed by atoms with E-state index in [2.05, 4.69) is 5.32 Å². The highest BCUT2D eigenvalue weighted by molar-refractivity contribution is 5.97. The van der Waals surface area contributed by atoms with Crippen LogP contribution in [0.25, 0.3) is 0 Å². The van der Waals surface area contributed by atoms with E-state index in [9.17, 15) is 18.4 Å². The average Bonchev–Trinajstić information content (AvgIpc) is 2.33. The lowest BCUT2D eigenvalue weighted by atomic mass is 9.91. The van der Waals surface area contributed by atoms with Crippen molar-refractivity contribution in [3.05, 3.63) is 0 Å². The number of nitrogens with zero attached hydrogens (tertiary/aromatic N) is 1. The van der Waals surface area contributed by atoms with E-state index in [1.165, 1.54) is 0 Å². The number of halogens is 2. The molecule has 2 amide bonds. The molecule has 0 aromatic heterocycles. The lowest BCUT2D eigenvalue weighted by Gasteiger charge is -2.41. The maximum Gasteiger partial charge on any atom is 0.255 e. The summed E-state index contributed by atoms with van der Waals surface area (Å²) in [7, 11) is 0. The number of carbonyl (C=O) groups excluding carboxylic acids is 2. The third kappa shape index (κ3) is 3.90. The zero-order valence-electron chi connectivity index (χ0n) is 12.5. The molecule has 6 heteroatoms. The second-order valence-corrected chi connectivity index (χ2v) is 5.90. The van der Waals surface area contributed by atoms with Crippen molar-refractivity contribution < 1.29 is 18.4 Å². The van der Waals surface area contributed by atoms with Crippen molar-refractivity contribution in [2.45, 2.75) is 59.0 Å². The smallest absolute Gasteiger partial charge is 0.255 e. The van der Waals surface area contributed by atoms with Crippen LogP contribution in [-0.4, -0.2) is 41.8 Å².